The Labute approximate surface area is 107 Å². The van der Waals surface area contributed by atoms with E-state index in [-0.39, 0.29) is 38.2 Å². The van der Waals surface area contributed by atoms with Crippen molar-refractivity contribution in [2.75, 3.05) is 18.6 Å². The van der Waals surface area contributed by atoms with Gasteiger partial charge in [0, 0.05) is 0 Å². The average Bonchev–Trinajstić information content (AvgIpc) is 2.03. The predicted octanol–water partition coefficient (Wildman–Crippen LogP) is 0.906. The third kappa shape index (κ3) is 12.0. The van der Waals surface area contributed by atoms with Crippen LogP contribution in [0.15, 0.2) is 0 Å². The van der Waals surface area contributed by atoms with Gasteiger partial charge in [0.1, 0.15) is 11.8 Å². The maximum absolute atomic E-state index is 10.6. The molecular weight excluding hydrogens is 258 g/mol. The highest BCUT2D eigenvalue weighted by Crippen LogP contribution is 2.00. The fourth-order valence-corrected chi connectivity index (χ4v) is 1.29. The molecule has 0 aromatic heterocycles. The zero-order valence-corrected chi connectivity index (χ0v) is 11.4. The van der Waals surface area contributed by atoms with E-state index in [1.54, 1.807) is 11.8 Å². The Morgan fingerprint density at radius 3 is 2.33 bits per heavy atom. The Morgan fingerprint density at radius 2 is 2.00 bits per heavy atom. The Balaban J connectivity index is -0.000000720. The van der Waals surface area contributed by atoms with Crippen LogP contribution in [0, 0.1) is 0 Å². The normalized spacial score (nSPS) is 10.8. The average molecular weight is 276 g/mol. The number of thioether (sulfide) groups is 1. The van der Waals surface area contributed by atoms with E-state index >= 15 is 0 Å². The lowest BCUT2D eigenvalue weighted by Gasteiger charge is -2.11. The number of rotatable bonds is 7. The molecule has 15 heavy (non-hydrogen) atoms. The van der Waals surface area contributed by atoms with Crippen LogP contribution in [0.5, 0.6) is 0 Å². The van der Waals surface area contributed by atoms with E-state index in [1.165, 1.54) is 6.92 Å². The highest BCUT2D eigenvalue weighted by Gasteiger charge is 2.15. The number of ketones is 1. The van der Waals surface area contributed by atoms with Crippen LogP contribution in [0.3, 0.4) is 0 Å². The molecule has 0 fully saturated rings. The van der Waals surface area contributed by atoms with Gasteiger partial charge in [-0.25, -0.2) is 0 Å². The molecule has 0 unspecified atom stereocenters. The molecule has 0 aromatic rings. The molecule has 0 amide bonds. The minimum absolute atomic E-state index is 0. The smallest absolute Gasteiger partial charge is 0.320 e. The Hall–Kier alpha value is 0.0900. The van der Waals surface area contributed by atoms with E-state index in [0.29, 0.717) is 6.42 Å². The van der Waals surface area contributed by atoms with Gasteiger partial charge in [0.25, 0.3) is 0 Å². The fraction of sp³-hybridized carbons (Fsp3) is 0.750. The van der Waals surface area contributed by atoms with Gasteiger partial charge in [-0.15, -0.1) is 12.4 Å². The summed E-state index contributed by atoms with van der Waals surface area (Å²) in [6.45, 7) is 1.56. The van der Waals surface area contributed by atoms with Gasteiger partial charge in [-0.3, -0.25) is 14.9 Å². The van der Waals surface area contributed by atoms with Crippen LogP contribution in [-0.2, 0) is 9.59 Å². The molecule has 4 nitrogen and oxygen atoms in total. The van der Waals surface area contributed by atoms with Gasteiger partial charge in [0.15, 0.2) is 0 Å². The minimum Gasteiger partial charge on any atom is -0.480 e. The second-order valence-electron chi connectivity index (χ2n) is 2.76. The van der Waals surface area contributed by atoms with Crippen molar-refractivity contribution >= 4 is 49.4 Å². The highest BCUT2D eigenvalue weighted by atomic mass is 35.5. The molecule has 0 rings (SSSR count). The highest BCUT2D eigenvalue weighted by molar-refractivity contribution is 7.98. The lowest BCUT2D eigenvalue weighted by Crippen LogP contribution is -2.39. The van der Waals surface area contributed by atoms with E-state index < -0.39 is 12.0 Å². The molecule has 0 radical (unpaired) electrons. The lowest BCUT2D eigenvalue weighted by molar-refractivity contribution is -0.139. The number of carbonyl (C=O) groups excluding carboxylic acids is 1. The van der Waals surface area contributed by atoms with E-state index in [9.17, 15) is 9.59 Å². The Bertz CT molecular complexity index is 193. The number of hydrogen-bond acceptors (Lipinski definition) is 4. The largest absolute Gasteiger partial charge is 0.480 e. The van der Waals surface area contributed by atoms with Crippen molar-refractivity contribution in [3.63, 3.8) is 0 Å². The van der Waals surface area contributed by atoms with Crippen LogP contribution >= 0.6 is 37.7 Å². The summed E-state index contributed by atoms with van der Waals surface area (Å²) in [5.41, 5.74) is 0. The summed E-state index contributed by atoms with van der Waals surface area (Å²) >= 11 is 1.59. The third-order valence-electron chi connectivity index (χ3n) is 1.51. The van der Waals surface area contributed by atoms with Crippen LogP contribution < -0.4 is 5.32 Å². The second-order valence-corrected chi connectivity index (χ2v) is 3.74. The van der Waals surface area contributed by atoms with Gasteiger partial charge in [-0.05, 0) is 25.4 Å². The van der Waals surface area contributed by atoms with Crippen molar-refractivity contribution < 1.29 is 14.7 Å². The van der Waals surface area contributed by atoms with E-state index in [0.717, 1.165) is 5.75 Å². The number of aliphatic carboxylic acids is 1. The zero-order chi connectivity index (χ0) is 10.3. The molecule has 0 spiro atoms. The minimum atomic E-state index is -0.893. The number of carboxylic acids is 1. The fourth-order valence-electron chi connectivity index (χ4n) is 0.815. The molecule has 0 aromatic carbocycles. The zero-order valence-electron chi connectivity index (χ0n) is 8.78. The van der Waals surface area contributed by atoms with Crippen molar-refractivity contribution in [3.8, 4) is 0 Å². The predicted molar refractivity (Wildman–Crippen MR) is 70.7 cm³/mol. The van der Waals surface area contributed by atoms with Crippen molar-refractivity contribution in [2.24, 2.45) is 0 Å². The summed E-state index contributed by atoms with van der Waals surface area (Å²) in [5.74, 6) is -0.160. The number of nitrogens with one attached hydrogen (secondary N) is 1. The summed E-state index contributed by atoms with van der Waals surface area (Å²) in [4.78, 5) is 21.2. The van der Waals surface area contributed by atoms with Gasteiger partial charge in [-0.1, -0.05) is 0 Å². The summed E-state index contributed by atoms with van der Waals surface area (Å²) < 4.78 is 0. The first-order valence-corrected chi connectivity index (χ1v) is 5.42. The van der Waals surface area contributed by atoms with Crippen LogP contribution in [0.2, 0.25) is 0 Å². The molecule has 92 valence electrons. The van der Waals surface area contributed by atoms with Crippen LogP contribution in [-0.4, -0.2) is 41.5 Å². The standard InChI is InChI=1S/C8H15NO3S.ClH.H2S/c1-6(10)5-9-7(8(11)12)3-4-13-2;;/h7,9H,3-5H2,1-2H3,(H,11,12);1H;1H2/t7-;;/m0../s1. The third-order valence-corrected chi connectivity index (χ3v) is 2.15. The van der Waals surface area contributed by atoms with Crippen molar-refractivity contribution in [3.05, 3.63) is 0 Å². The van der Waals surface area contributed by atoms with Crippen LogP contribution in [0.4, 0.5) is 0 Å². The van der Waals surface area contributed by atoms with E-state index in [1.807, 2.05) is 6.26 Å². The first kappa shape index (κ1) is 20.5. The molecule has 7 heteroatoms. The lowest BCUT2D eigenvalue weighted by atomic mass is 10.2. The SMILES string of the molecule is CSCC[C@H](NCC(C)=O)C(=O)O.Cl.S. The molecule has 0 aliphatic carbocycles. The first-order valence-electron chi connectivity index (χ1n) is 4.02. The van der Waals surface area contributed by atoms with Gasteiger partial charge in [0.2, 0.25) is 0 Å². The monoisotopic (exact) mass is 275 g/mol. The quantitative estimate of drug-likeness (QED) is 0.723. The molecule has 2 N–H and O–H groups in total. The van der Waals surface area contributed by atoms with Crippen molar-refractivity contribution in [1.82, 2.24) is 5.32 Å². The van der Waals surface area contributed by atoms with E-state index in [2.05, 4.69) is 5.32 Å². The van der Waals surface area contributed by atoms with Crippen molar-refractivity contribution in [1.29, 1.82) is 0 Å². The topological polar surface area (TPSA) is 66.4 Å². The molecular formula is C8H18ClNO3S2. The van der Waals surface area contributed by atoms with Gasteiger partial charge >= 0.3 is 5.97 Å². The molecule has 0 aliphatic heterocycles. The van der Waals surface area contributed by atoms with Gasteiger partial charge in [-0.2, -0.15) is 25.3 Å². The number of hydrogen-bond donors (Lipinski definition) is 2. The van der Waals surface area contributed by atoms with Gasteiger partial charge < -0.3 is 5.11 Å². The van der Waals surface area contributed by atoms with Crippen molar-refractivity contribution in [2.45, 2.75) is 19.4 Å². The number of Topliss-reactive ketones (excluding diaryl/α,β-unsaturated/α-hetero) is 1. The number of carboxylic acid groups (broad SMARTS) is 1. The Morgan fingerprint density at radius 1 is 1.47 bits per heavy atom. The Kier molecular flexibility index (Phi) is 16.6. The summed E-state index contributed by atoms with van der Waals surface area (Å²) in [6, 6.07) is -0.601. The van der Waals surface area contributed by atoms with Crippen LogP contribution in [0.25, 0.3) is 0 Å². The second kappa shape index (κ2) is 12.2. The maximum Gasteiger partial charge on any atom is 0.320 e. The molecule has 0 saturated carbocycles. The van der Waals surface area contributed by atoms with Crippen LogP contribution in [0.1, 0.15) is 13.3 Å². The molecule has 0 aliphatic rings. The molecule has 0 heterocycles. The maximum atomic E-state index is 10.6. The molecule has 0 saturated heterocycles. The first-order chi connectivity index (χ1) is 6.07. The molecule has 0 bridgehead atoms. The summed E-state index contributed by atoms with van der Waals surface area (Å²) in [5, 5.41) is 11.4. The van der Waals surface area contributed by atoms with Gasteiger partial charge in [0.05, 0.1) is 6.54 Å². The number of carbonyl (C=O) groups is 2. The summed E-state index contributed by atoms with van der Waals surface area (Å²) in [6.07, 6.45) is 2.47. The summed E-state index contributed by atoms with van der Waals surface area (Å²) in [7, 11) is 0. The van der Waals surface area contributed by atoms with E-state index in [4.69, 9.17) is 5.11 Å². The molecule has 1 atom stereocenters. The number of halogens is 1.